The highest BCUT2D eigenvalue weighted by Crippen LogP contribution is 2.32. The third-order valence-electron chi connectivity index (χ3n) is 4.24. The van der Waals surface area contributed by atoms with E-state index in [9.17, 15) is 9.90 Å². The van der Waals surface area contributed by atoms with E-state index in [0.29, 0.717) is 47.8 Å². The van der Waals surface area contributed by atoms with Gasteiger partial charge in [0.2, 0.25) is 0 Å². The largest absolute Gasteiger partial charge is 0.504 e. The van der Waals surface area contributed by atoms with Crippen molar-refractivity contribution in [3.8, 4) is 17.2 Å². The molecule has 0 saturated heterocycles. The van der Waals surface area contributed by atoms with Gasteiger partial charge in [0.15, 0.2) is 17.3 Å². The number of fused-ring (bicyclic) bond motifs is 1. The van der Waals surface area contributed by atoms with Gasteiger partial charge in [0.05, 0.1) is 19.4 Å². The van der Waals surface area contributed by atoms with E-state index in [2.05, 4.69) is 17.1 Å². The quantitative estimate of drug-likeness (QED) is 0.310. The van der Waals surface area contributed by atoms with Gasteiger partial charge in [0.1, 0.15) is 11.3 Å². The molecule has 2 N–H and O–H groups in total. The lowest BCUT2D eigenvalue weighted by Crippen LogP contribution is -2.16. The maximum Gasteiger partial charge on any atom is 0.307 e. The van der Waals surface area contributed by atoms with E-state index in [4.69, 9.17) is 13.9 Å². The molecule has 3 aromatic rings. The fraction of sp³-hybridized carbons (Fsp3) is 0.217. The van der Waals surface area contributed by atoms with E-state index in [1.807, 2.05) is 19.9 Å². The maximum absolute atomic E-state index is 12.4. The van der Waals surface area contributed by atoms with Gasteiger partial charge in [-0.25, -0.2) is 5.43 Å². The van der Waals surface area contributed by atoms with Crippen LogP contribution in [-0.2, 0) is 6.42 Å². The lowest BCUT2D eigenvalue weighted by atomic mass is 10.1. The summed E-state index contributed by atoms with van der Waals surface area (Å²) < 4.78 is 16.5. The Balaban J connectivity index is 1.75. The van der Waals surface area contributed by atoms with Crippen molar-refractivity contribution in [3.05, 3.63) is 65.9 Å². The number of rotatable bonds is 9. The summed E-state index contributed by atoms with van der Waals surface area (Å²) >= 11 is 0. The summed E-state index contributed by atoms with van der Waals surface area (Å²) in [5.41, 5.74) is 4.36. The summed E-state index contributed by atoms with van der Waals surface area (Å²) in [6.45, 7) is 8.40. The number of hydrazone groups is 1. The van der Waals surface area contributed by atoms with Crippen molar-refractivity contribution in [2.45, 2.75) is 20.3 Å². The molecule has 0 bridgehead atoms. The number of furan rings is 1. The predicted octanol–water partition coefficient (Wildman–Crippen LogP) is 4.43. The zero-order valence-electron chi connectivity index (χ0n) is 17.0. The SMILES string of the molecule is C=CCc1cc(/C=N/NC(=O)c2cc3cc(OCC)ccc3o2)cc(OCC)c1O. The molecule has 3 rings (SSSR count). The molecule has 1 heterocycles. The molecule has 0 spiro atoms. The van der Waals surface area contributed by atoms with Crippen molar-refractivity contribution in [2.24, 2.45) is 5.10 Å². The molecule has 0 atom stereocenters. The topological polar surface area (TPSA) is 93.3 Å². The molecule has 0 saturated carbocycles. The molecule has 30 heavy (non-hydrogen) atoms. The Hall–Kier alpha value is -3.74. The van der Waals surface area contributed by atoms with E-state index in [0.717, 1.165) is 5.39 Å². The maximum atomic E-state index is 12.4. The van der Waals surface area contributed by atoms with Gasteiger partial charge >= 0.3 is 5.91 Å². The minimum absolute atomic E-state index is 0.0756. The normalized spacial score (nSPS) is 11.0. The monoisotopic (exact) mass is 408 g/mol. The zero-order valence-corrected chi connectivity index (χ0v) is 17.0. The molecule has 2 aromatic carbocycles. The Bertz CT molecular complexity index is 1080. The average Bonchev–Trinajstić information content (AvgIpc) is 3.15. The van der Waals surface area contributed by atoms with Crippen molar-refractivity contribution in [3.63, 3.8) is 0 Å². The third kappa shape index (κ3) is 4.81. The number of carbonyl (C=O) groups excluding carboxylic acids is 1. The number of carbonyl (C=O) groups is 1. The van der Waals surface area contributed by atoms with Gasteiger partial charge in [0, 0.05) is 10.9 Å². The summed E-state index contributed by atoms with van der Waals surface area (Å²) in [6.07, 6.45) is 3.64. The van der Waals surface area contributed by atoms with Crippen LogP contribution in [0.2, 0.25) is 0 Å². The molecule has 156 valence electrons. The smallest absolute Gasteiger partial charge is 0.307 e. The van der Waals surface area contributed by atoms with E-state index in [-0.39, 0.29) is 11.5 Å². The number of nitrogens with zero attached hydrogens (tertiary/aromatic N) is 1. The molecule has 0 fully saturated rings. The van der Waals surface area contributed by atoms with Gasteiger partial charge in [-0.3, -0.25) is 4.79 Å². The number of phenols is 1. The highest BCUT2D eigenvalue weighted by Gasteiger charge is 2.13. The van der Waals surface area contributed by atoms with Gasteiger partial charge < -0.3 is 19.0 Å². The molecule has 0 aliphatic rings. The molecule has 0 aliphatic carbocycles. The van der Waals surface area contributed by atoms with Crippen LogP contribution in [-0.4, -0.2) is 30.4 Å². The number of phenolic OH excluding ortho intramolecular Hbond substituents is 1. The Morgan fingerprint density at radius 3 is 2.73 bits per heavy atom. The summed E-state index contributed by atoms with van der Waals surface area (Å²) in [4.78, 5) is 12.4. The molecule has 0 radical (unpaired) electrons. The van der Waals surface area contributed by atoms with Crippen LogP contribution >= 0.6 is 0 Å². The van der Waals surface area contributed by atoms with Gasteiger partial charge in [-0.15, -0.1) is 6.58 Å². The number of hydrogen-bond donors (Lipinski definition) is 2. The molecular formula is C23H24N2O5. The molecule has 0 aliphatic heterocycles. The summed E-state index contributed by atoms with van der Waals surface area (Å²) in [5.74, 6) is 0.807. The number of amides is 1. The van der Waals surface area contributed by atoms with Crippen LogP contribution in [0.1, 0.15) is 35.5 Å². The van der Waals surface area contributed by atoms with Crippen molar-refractivity contribution >= 4 is 23.1 Å². The van der Waals surface area contributed by atoms with Crippen LogP contribution in [0.25, 0.3) is 11.0 Å². The third-order valence-corrected chi connectivity index (χ3v) is 4.24. The van der Waals surface area contributed by atoms with Gasteiger partial charge in [-0.2, -0.15) is 5.10 Å². The summed E-state index contributed by atoms with van der Waals surface area (Å²) in [7, 11) is 0. The van der Waals surface area contributed by atoms with Gasteiger partial charge in [0.25, 0.3) is 0 Å². The van der Waals surface area contributed by atoms with Crippen LogP contribution in [0, 0.1) is 0 Å². The number of nitrogens with one attached hydrogen (secondary N) is 1. The Morgan fingerprint density at radius 2 is 2.00 bits per heavy atom. The van der Waals surface area contributed by atoms with E-state index < -0.39 is 5.91 Å². The van der Waals surface area contributed by atoms with Gasteiger partial charge in [-0.1, -0.05) is 6.08 Å². The van der Waals surface area contributed by atoms with Crippen molar-refractivity contribution in [2.75, 3.05) is 13.2 Å². The second-order valence-corrected chi connectivity index (χ2v) is 6.40. The molecule has 0 unspecified atom stereocenters. The highest BCUT2D eigenvalue weighted by atomic mass is 16.5. The van der Waals surface area contributed by atoms with Gasteiger partial charge in [-0.05, 0) is 62.2 Å². The number of allylic oxidation sites excluding steroid dienone is 1. The summed E-state index contributed by atoms with van der Waals surface area (Å²) in [5, 5.41) is 15.0. The standard InChI is InChI=1S/C23H24N2O5/c1-4-7-16-10-15(11-20(22(16)26)29-6-3)14-24-25-23(27)21-13-17-12-18(28-5-2)8-9-19(17)30-21/h4,8-14,26H,1,5-7H2,2-3H3,(H,25,27)/b24-14+. The number of benzene rings is 2. The van der Waals surface area contributed by atoms with Crippen LogP contribution in [0.5, 0.6) is 17.2 Å². The fourth-order valence-electron chi connectivity index (χ4n) is 2.95. The minimum Gasteiger partial charge on any atom is -0.504 e. The zero-order chi connectivity index (χ0) is 21.5. The fourth-order valence-corrected chi connectivity index (χ4v) is 2.95. The molecule has 7 heteroatoms. The molecule has 1 aromatic heterocycles. The Labute approximate surface area is 174 Å². The predicted molar refractivity (Wildman–Crippen MR) is 116 cm³/mol. The molecule has 7 nitrogen and oxygen atoms in total. The van der Waals surface area contributed by atoms with Crippen molar-refractivity contribution < 1.29 is 23.8 Å². The minimum atomic E-state index is -0.476. The van der Waals surface area contributed by atoms with Crippen molar-refractivity contribution in [1.82, 2.24) is 5.43 Å². The van der Waals surface area contributed by atoms with Crippen molar-refractivity contribution in [1.29, 1.82) is 0 Å². The summed E-state index contributed by atoms with van der Waals surface area (Å²) in [6, 6.07) is 10.4. The van der Waals surface area contributed by atoms with Crippen LogP contribution in [0.3, 0.4) is 0 Å². The van der Waals surface area contributed by atoms with E-state index >= 15 is 0 Å². The second-order valence-electron chi connectivity index (χ2n) is 6.40. The second kappa shape index (κ2) is 9.65. The Kier molecular flexibility index (Phi) is 6.75. The Morgan fingerprint density at radius 1 is 1.20 bits per heavy atom. The first kappa shape index (κ1) is 21.0. The molecular weight excluding hydrogens is 384 g/mol. The van der Waals surface area contributed by atoms with Crippen LogP contribution < -0.4 is 14.9 Å². The van der Waals surface area contributed by atoms with E-state index in [1.165, 1.54) is 6.21 Å². The first-order chi connectivity index (χ1) is 14.5. The average molecular weight is 408 g/mol. The van der Waals surface area contributed by atoms with E-state index in [1.54, 1.807) is 36.4 Å². The van der Waals surface area contributed by atoms with Crippen LogP contribution in [0.15, 0.2) is 58.6 Å². The number of ether oxygens (including phenoxy) is 2. The van der Waals surface area contributed by atoms with Crippen LogP contribution in [0.4, 0.5) is 0 Å². The lowest BCUT2D eigenvalue weighted by molar-refractivity contribution is 0.0929. The highest BCUT2D eigenvalue weighted by molar-refractivity contribution is 5.96. The molecule has 1 amide bonds. The first-order valence-electron chi connectivity index (χ1n) is 9.65. The first-order valence-corrected chi connectivity index (χ1v) is 9.65. The lowest BCUT2D eigenvalue weighted by Gasteiger charge is -2.10. The number of hydrogen-bond acceptors (Lipinski definition) is 6. The number of aromatic hydroxyl groups is 1.